The summed E-state index contributed by atoms with van der Waals surface area (Å²) in [6.45, 7) is 4.94. The Morgan fingerprint density at radius 2 is 0.610 bits per heavy atom. The summed E-state index contributed by atoms with van der Waals surface area (Å²) >= 11 is 0. The predicted molar refractivity (Wildman–Crippen MR) is 338 cm³/mol. The van der Waals surface area contributed by atoms with E-state index < -0.39 is 12.1 Å². The normalized spacial score (nSPS) is 12.6. The molecule has 0 bridgehead atoms. The van der Waals surface area contributed by atoms with Crippen LogP contribution in [0.3, 0.4) is 0 Å². The van der Waals surface area contributed by atoms with Gasteiger partial charge in [0.25, 0.3) is 0 Å². The molecule has 0 saturated heterocycles. The monoisotopic (exact) mass is 1080 g/mol. The molecule has 0 fully saturated rings. The van der Waals surface area contributed by atoms with Gasteiger partial charge >= 0.3 is 5.97 Å². The van der Waals surface area contributed by atoms with Gasteiger partial charge in [0.2, 0.25) is 5.91 Å². The zero-order chi connectivity index (χ0) is 55.7. The van der Waals surface area contributed by atoms with Crippen molar-refractivity contribution < 1.29 is 24.5 Å². The SMILES string of the molecule is CCCCCCCCCCCCCCCCCCCCC/C=C/C(O)C(CO)NC(=O)CCCCCCCCCCCCC/C=C\CCCCCCCCCCCCCCOC(=O)CCCCCCCCCCCCCC. The summed E-state index contributed by atoms with van der Waals surface area (Å²) in [6, 6.07) is -0.629. The van der Waals surface area contributed by atoms with Crippen molar-refractivity contribution >= 4 is 11.9 Å². The number of esters is 1. The van der Waals surface area contributed by atoms with Crippen molar-refractivity contribution in [3.8, 4) is 0 Å². The second kappa shape index (κ2) is 66.8. The number of unbranched alkanes of at least 4 members (excludes halogenated alkanes) is 53. The molecular formula is C71H137NO5. The molecule has 0 aromatic carbocycles. The van der Waals surface area contributed by atoms with E-state index in [1.165, 1.54) is 327 Å². The van der Waals surface area contributed by atoms with Gasteiger partial charge in [0.15, 0.2) is 0 Å². The van der Waals surface area contributed by atoms with Crippen LogP contribution >= 0.6 is 0 Å². The molecular weight excluding hydrogens is 947 g/mol. The molecule has 1 amide bonds. The first-order valence-corrected chi connectivity index (χ1v) is 35.1. The molecule has 2 unspecified atom stereocenters. The Morgan fingerprint density at radius 3 is 0.922 bits per heavy atom. The first-order chi connectivity index (χ1) is 38.0. The van der Waals surface area contributed by atoms with Crippen LogP contribution < -0.4 is 5.32 Å². The number of aliphatic hydroxyl groups excluding tert-OH is 2. The minimum atomic E-state index is -0.846. The number of nitrogens with one attached hydrogen (secondary N) is 1. The molecule has 3 N–H and O–H groups in total. The quantitative estimate of drug-likeness (QED) is 0.0320. The van der Waals surface area contributed by atoms with Gasteiger partial charge in [-0.2, -0.15) is 0 Å². The molecule has 0 spiro atoms. The zero-order valence-corrected chi connectivity index (χ0v) is 52.2. The van der Waals surface area contributed by atoms with Crippen molar-refractivity contribution in [2.45, 2.75) is 405 Å². The number of ether oxygens (including phenoxy) is 1. The average Bonchev–Trinajstić information content (AvgIpc) is 3.43. The van der Waals surface area contributed by atoms with Crippen LogP contribution in [0, 0.1) is 0 Å². The van der Waals surface area contributed by atoms with Crippen molar-refractivity contribution in [2.24, 2.45) is 0 Å². The lowest BCUT2D eigenvalue weighted by atomic mass is 10.0. The van der Waals surface area contributed by atoms with E-state index in [2.05, 4.69) is 31.3 Å². The van der Waals surface area contributed by atoms with Crippen LogP contribution in [-0.4, -0.2) is 47.4 Å². The summed E-state index contributed by atoms with van der Waals surface area (Å²) < 4.78 is 5.48. The number of allylic oxidation sites excluding steroid dienone is 3. The van der Waals surface area contributed by atoms with Gasteiger partial charge in [-0.1, -0.05) is 346 Å². The smallest absolute Gasteiger partial charge is 0.305 e. The van der Waals surface area contributed by atoms with Crippen molar-refractivity contribution in [2.75, 3.05) is 13.2 Å². The minimum absolute atomic E-state index is 0.0161. The summed E-state index contributed by atoms with van der Waals surface area (Å²) in [5.74, 6) is -0.0487. The van der Waals surface area contributed by atoms with Crippen LogP contribution in [0.15, 0.2) is 24.3 Å². The van der Waals surface area contributed by atoms with E-state index in [0.29, 0.717) is 19.4 Å². The average molecular weight is 1080 g/mol. The molecule has 0 aliphatic rings. The Bertz CT molecular complexity index is 1200. The number of aliphatic hydroxyl groups is 2. The minimum Gasteiger partial charge on any atom is -0.466 e. The van der Waals surface area contributed by atoms with Crippen LogP contribution in [0.1, 0.15) is 393 Å². The van der Waals surface area contributed by atoms with Crippen molar-refractivity contribution in [3.63, 3.8) is 0 Å². The summed E-state index contributed by atoms with van der Waals surface area (Å²) in [4.78, 5) is 24.5. The number of hydrogen-bond donors (Lipinski definition) is 3. The van der Waals surface area contributed by atoms with E-state index in [1.807, 2.05) is 6.08 Å². The standard InChI is InChI=1S/C71H137NO5/c1-3-5-7-9-11-13-15-17-18-19-20-28-31-34-37-40-43-47-51-55-59-63-69(74)68(67-73)72-70(75)64-60-56-52-48-44-41-38-35-32-29-26-24-22-21-23-25-27-30-33-36-39-42-46-50-54-58-62-66-77-71(76)65-61-57-53-49-45-16-14-12-10-8-6-4-2/h21-22,59,63,68-69,73-74H,3-20,23-58,60-62,64-67H2,1-2H3,(H,72,75)/b22-21-,63-59+. The second-order valence-corrected chi connectivity index (χ2v) is 24.2. The van der Waals surface area contributed by atoms with Gasteiger partial charge in [0.1, 0.15) is 0 Å². The number of hydrogen-bond acceptors (Lipinski definition) is 5. The lowest BCUT2D eigenvalue weighted by Gasteiger charge is -2.20. The Kier molecular flexibility index (Phi) is 65.4. The van der Waals surface area contributed by atoms with E-state index in [-0.39, 0.29) is 18.5 Å². The highest BCUT2D eigenvalue weighted by Crippen LogP contribution is 2.19. The van der Waals surface area contributed by atoms with Crippen LogP contribution in [0.5, 0.6) is 0 Å². The van der Waals surface area contributed by atoms with E-state index in [1.54, 1.807) is 6.08 Å². The van der Waals surface area contributed by atoms with Gasteiger partial charge in [-0.05, 0) is 57.8 Å². The second-order valence-electron chi connectivity index (χ2n) is 24.2. The lowest BCUT2D eigenvalue weighted by molar-refractivity contribution is -0.143. The molecule has 0 heterocycles. The van der Waals surface area contributed by atoms with Crippen LogP contribution in [0.2, 0.25) is 0 Å². The van der Waals surface area contributed by atoms with Crippen molar-refractivity contribution in [1.29, 1.82) is 0 Å². The van der Waals surface area contributed by atoms with E-state index in [0.717, 1.165) is 38.5 Å². The molecule has 456 valence electrons. The molecule has 0 aliphatic heterocycles. The third-order valence-electron chi connectivity index (χ3n) is 16.5. The Hall–Kier alpha value is -1.66. The number of amides is 1. The number of carbonyl (C=O) groups excluding carboxylic acids is 2. The Labute approximate surface area is 481 Å². The summed E-state index contributed by atoms with van der Waals surface area (Å²) in [5, 5.41) is 23.2. The Balaban J connectivity index is 3.41. The van der Waals surface area contributed by atoms with Crippen molar-refractivity contribution in [1.82, 2.24) is 5.32 Å². The molecule has 0 radical (unpaired) electrons. The van der Waals surface area contributed by atoms with Crippen LogP contribution in [-0.2, 0) is 14.3 Å². The Morgan fingerprint density at radius 1 is 0.351 bits per heavy atom. The summed E-state index contributed by atoms with van der Waals surface area (Å²) in [5.41, 5.74) is 0. The highest BCUT2D eigenvalue weighted by atomic mass is 16.5. The van der Waals surface area contributed by atoms with Gasteiger partial charge in [-0.15, -0.1) is 0 Å². The summed E-state index contributed by atoms with van der Waals surface area (Å²) in [7, 11) is 0. The molecule has 77 heavy (non-hydrogen) atoms. The number of carbonyl (C=O) groups is 2. The molecule has 6 heteroatoms. The molecule has 0 aromatic rings. The largest absolute Gasteiger partial charge is 0.466 e. The van der Waals surface area contributed by atoms with E-state index >= 15 is 0 Å². The molecule has 0 aromatic heterocycles. The molecule has 0 aliphatic carbocycles. The van der Waals surface area contributed by atoms with Crippen LogP contribution in [0.25, 0.3) is 0 Å². The lowest BCUT2D eigenvalue weighted by Crippen LogP contribution is -2.45. The third kappa shape index (κ3) is 63.4. The molecule has 2 atom stereocenters. The maximum absolute atomic E-state index is 12.5. The molecule has 6 nitrogen and oxygen atoms in total. The highest BCUT2D eigenvalue weighted by Gasteiger charge is 2.18. The molecule has 0 saturated carbocycles. The third-order valence-corrected chi connectivity index (χ3v) is 16.5. The van der Waals surface area contributed by atoms with E-state index in [9.17, 15) is 19.8 Å². The maximum Gasteiger partial charge on any atom is 0.305 e. The van der Waals surface area contributed by atoms with Gasteiger partial charge in [0, 0.05) is 12.8 Å². The van der Waals surface area contributed by atoms with Gasteiger partial charge in [0.05, 0.1) is 25.4 Å². The fourth-order valence-electron chi connectivity index (χ4n) is 11.1. The highest BCUT2D eigenvalue weighted by molar-refractivity contribution is 5.76. The zero-order valence-electron chi connectivity index (χ0n) is 52.2. The number of rotatable bonds is 66. The van der Waals surface area contributed by atoms with Gasteiger partial charge < -0.3 is 20.3 Å². The topological polar surface area (TPSA) is 95.9 Å². The van der Waals surface area contributed by atoms with Crippen LogP contribution in [0.4, 0.5) is 0 Å². The predicted octanol–water partition coefficient (Wildman–Crippen LogP) is 22.5. The summed E-state index contributed by atoms with van der Waals surface area (Å²) in [6.07, 6.45) is 84.0. The first kappa shape index (κ1) is 75.3. The fraction of sp³-hybridized carbons (Fsp3) is 0.915. The first-order valence-electron chi connectivity index (χ1n) is 35.1. The van der Waals surface area contributed by atoms with Gasteiger partial charge in [-0.3, -0.25) is 9.59 Å². The maximum atomic E-state index is 12.5. The van der Waals surface area contributed by atoms with E-state index in [4.69, 9.17) is 4.74 Å². The molecule has 0 rings (SSSR count). The van der Waals surface area contributed by atoms with Gasteiger partial charge in [-0.25, -0.2) is 0 Å². The van der Waals surface area contributed by atoms with Crippen molar-refractivity contribution in [3.05, 3.63) is 24.3 Å². The fourth-order valence-corrected chi connectivity index (χ4v) is 11.1.